The quantitative estimate of drug-likeness (QED) is 0.157. The van der Waals surface area contributed by atoms with Gasteiger partial charge in [0.15, 0.2) is 0 Å². The van der Waals surface area contributed by atoms with Crippen LogP contribution in [0.2, 0.25) is 10.0 Å². The Balaban J connectivity index is 0.000000175. The first-order valence-corrected chi connectivity index (χ1v) is 21.2. The van der Waals surface area contributed by atoms with Crippen molar-refractivity contribution in [3.63, 3.8) is 0 Å². The van der Waals surface area contributed by atoms with Gasteiger partial charge in [-0.2, -0.15) is 0 Å². The predicted octanol–water partition coefficient (Wildman–Crippen LogP) is 12.0. The highest BCUT2D eigenvalue weighted by atomic mass is 35.5. The molecule has 2 atom stereocenters. The molecule has 0 bridgehead atoms. The van der Waals surface area contributed by atoms with Crippen LogP contribution in [0.5, 0.6) is 0 Å². The minimum atomic E-state index is 0.408. The second kappa shape index (κ2) is 19.5. The van der Waals surface area contributed by atoms with Gasteiger partial charge in [-0.05, 0) is 85.3 Å². The smallest absolute Gasteiger partial charge is 0.0484 e. The van der Waals surface area contributed by atoms with Gasteiger partial charge in [0.1, 0.15) is 0 Å². The van der Waals surface area contributed by atoms with Crippen molar-refractivity contribution in [3.05, 3.63) is 189 Å². The summed E-state index contributed by atoms with van der Waals surface area (Å²) < 4.78 is 0. The lowest BCUT2D eigenvalue weighted by atomic mass is 9.99. The van der Waals surface area contributed by atoms with Gasteiger partial charge in [0.25, 0.3) is 0 Å². The minimum Gasteiger partial charge on any atom is -0.308 e. The number of halogens is 2. The maximum Gasteiger partial charge on any atom is 0.0484 e. The van der Waals surface area contributed by atoms with Crippen LogP contribution < -0.4 is 5.32 Å². The lowest BCUT2D eigenvalue weighted by Crippen LogP contribution is -2.50. The molecule has 0 saturated carbocycles. The van der Waals surface area contributed by atoms with Gasteiger partial charge >= 0.3 is 0 Å². The largest absolute Gasteiger partial charge is 0.308 e. The Morgan fingerprint density at radius 1 is 0.561 bits per heavy atom. The van der Waals surface area contributed by atoms with Crippen LogP contribution in [0.4, 0.5) is 0 Å². The minimum absolute atomic E-state index is 0.408. The first kappa shape index (κ1) is 40.9. The first-order valence-electron chi connectivity index (χ1n) is 20.4. The second-order valence-corrected chi connectivity index (χ2v) is 16.8. The number of hydrogen-bond donors (Lipinski definition) is 1. The number of benzene rings is 6. The molecule has 57 heavy (non-hydrogen) atoms. The van der Waals surface area contributed by atoms with E-state index in [1.807, 2.05) is 18.2 Å². The zero-order valence-electron chi connectivity index (χ0n) is 33.8. The van der Waals surface area contributed by atoms with Crippen LogP contribution in [-0.2, 0) is 13.1 Å². The summed E-state index contributed by atoms with van der Waals surface area (Å²) in [6, 6.07) is 53.2. The first-order chi connectivity index (χ1) is 27.7. The Morgan fingerprint density at radius 3 is 1.56 bits per heavy atom. The van der Waals surface area contributed by atoms with Crippen LogP contribution in [-0.4, -0.2) is 60.0 Å². The van der Waals surface area contributed by atoms with Crippen LogP contribution in [0.1, 0.15) is 59.3 Å². The van der Waals surface area contributed by atoms with E-state index in [4.69, 9.17) is 23.2 Å². The molecule has 1 N–H and O–H groups in total. The molecule has 0 aromatic heterocycles. The van der Waals surface area contributed by atoms with Crippen molar-refractivity contribution in [2.75, 3.05) is 39.3 Å². The summed E-state index contributed by atoms with van der Waals surface area (Å²) in [5, 5.41) is 5.25. The number of nitrogens with one attached hydrogen (secondary N) is 1. The maximum atomic E-state index is 6.43. The van der Waals surface area contributed by atoms with E-state index in [1.165, 1.54) is 44.5 Å². The molecule has 0 spiro atoms. The zero-order valence-corrected chi connectivity index (χ0v) is 35.4. The van der Waals surface area contributed by atoms with Gasteiger partial charge in [-0.3, -0.25) is 14.7 Å². The lowest BCUT2D eigenvalue weighted by Gasteiger charge is -2.44. The Bertz CT molecular complexity index is 2170. The van der Waals surface area contributed by atoms with E-state index in [9.17, 15) is 0 Å². The van der Waals surface area contributed by atoms with E-state index in [0.29, 0.717) is 18.1 Å². The Labute approximate surface area is 351 Å². The number of rotatable bonds is 9. The van der Waals surface area contributed by atoms with Crippen molar-refractivity contribution in [2.24, 2.45) is 0 Å². The molecule has 2 unspecified atom stereocenters. The summed E-state index contributed by atoms with van der Waals surface area (Å²) in [4.78, 5) is 7.75. The van der Waals surface area contributed by atoms with Gasteiger partial charge in [0.05, 0.1) is 0 Å². The van der Waals surface area contributed by atoms with Crippen LogP contribution in [0.15, 0.2) is 146 Å². The fourth-order valence-electron chi connectivity index (χ4n) is 8.27. The molecule has 8 rings (SSSR count). The predicted molar refractivity (Wildman–Crippen MR) is 242 cm³/mol. The van der Waals surface area contributed by atoms with Crippen LogP contribution in [0.25, 0.3) is 22.3 Å². The van der Waals surface area contributed by atoms with E-state index in [-0.39, 0.29) is 0 Å². The van der Waals surface area contributed by atoms with Crippen molar-refractivity contribution in [2.45, 2.75) is 58.9 Å². The highest BCUT2D eigenvalue weighted by Gasteiger charge is 2.29. The molecule has 2 fully saturated rings. The third-order valence-electron chi connectivity index (χ3n) is 11.4. The molecule has 0 amide bonds. The second-order valence-electron chi connectivity index (χ2n) is 16.0. The number of piperazine rings is 2. The molecule has 2 aliphatic rings. The monoisotopic (exact) mass is 794 g/mol. The van der Waals surface area contributed by atoms with Gasteiger partial charge in [0, 0.05) is 91.7 Å². The molecule has 2 aliphatic heterocycles. The number of aryl methyl sites for hydroxylation is 2. The van der Waals surface area contributed by atoms with E-state index < -0.39 is 0 Å². The molecule has 2 heterocycles. The van der Waals surface area contributed by atoms with Crippen LogP contribution in [0, 0.1) is 13.8 Å². The topological polar surface area (TPSA) is 21.8 Å². The van der Waals surface area contributed by atoms with Crippen molar-refractivity contribution < 1.29 is 0 Å². The highest BCUT2D eigenvalue weighted by Crippen LogP contribution is 2.32. The van der Waals surface area contributed by atoms with E-state index >= 15 is 0 Å². The normalized spacial score (nSPS) is 17.9. The zero-order chi connectivity index (χ0) is 39.7. The molecule has 0 radical (unpaired) electrons. The summed E-state index contributed by atoms with van der Waals surface area (Å²) >= 11 is 12.8. The van der Waals surface area contributed by atoms with Crippen LogP contribution in [0.3, 0.4) is 0 Å². The highest BCUT2D eigenvalue weighted by molar-refractivity contribution is 6.33. The fraction of sp³-hybridized carbons (Fsp3) is 0.294. The Morgan fingerprint density at radius 2 is 1.05 bits per heavy atom. The van der Waals surface area contributed by atoms with Gasteiger partial charge in [-0.15, -0.1) is 0 Å². The van der Waals surface area contributed by atoms with Gasteiger partial charge in [-0.1, -0.05) is 156 Å². The van der Waals surface area contributed by atoms with Crippen molar-refractivity contribution >= 4 is 23.2 Å². The van der Waals surface area contributed by atoms with Crippen molar-refractivity contribution in [3.8, 4) is 22.3 Å². The van der Waals surface area contributed by atoms with E-state index in [0.717, 1.165) is 73.5 Å². The molecular formula is C51H56Cl2N4. The van der Waals surface area contributed by atoms with Crippen molar-refractivity contribution in [1.82, 2.24) is 20.0 Å². The Hall–Kier alpha value is -4.26. The summed E-state index contributed by atoms with van der Waals surface area (Å²) in [5.41, 5.74) is 12.5. The molecule has 6 aromatic carbocycles. The summed E-state index contributed by atoms with van der Waals surface area (Å²) in [5.74, 6) is 0. The summed E-state index contributed by atoms with van der Waals surface area (Å²) in [6.45, 7) is 17.2. The van der Waals surface area contributed by atoms with Crippen LogP contribution >= 0.6 is 23.2 Å². The van der Waals surface area contributed by atoms with E-state index in [2.05, 4.69) is 175 Å². The average Bonchev–Trinajstić information content (AvgIpc) is 3.24. The molecule has 4 nitrogen and oxygen atoms in total. The summed E-state index contributed by atoms with van der Waals surface area (Å²) in [6.07, 6.45) is 0. The number of hydrogen-bond acceptors (Lipinski definition) is 4. The van der Waals surface area contributed by atoms with E-state index in [1.54, 1.807) is 0 Å². The molecule has 0 aliphatic carbocycles. The average molecular weight is 796 g/mol. The third-order valence-corrected chi connectivity index (χ3v) is 12.1. The summed E-state index contributed by atoms with van der Waals surface area (Å²) in [7, 11) is 0. The lowest BCUT2D eigenvalue weighted by molar-refractivity contribution is 0.0468. The van der Waals surface area contributed by atoms with Gasteiger partial charge < -0.3 is 5.32 Å². The Kier molecular flexibility index (Phi) is 14.0. The fourth-order valence-corrected chi connectivity index (χ4v) is 8.72. The molecule has 2 saturated heterocycles. The van der Waals surface area contributed by atoms with Gasteiger partial charge in [-0.25, -0.2) is 0 Å². The van der Waals surface area contributed by atoms with Crippen molar-refractivity contribution in [1.29, 1.82) is 0 Å². The molecule has 294 valence electrons. The SMILES string of the molecule is Cc1ccc(Cl)c(-c2ccc(CN3CCN(C(C)C)C(c4ccccc4)C3)cc2)c1.Cc1ccc(Cl)c(-c2ccc(CN3CCNC(c4ccccc4)C3)cc2)c1. The standard InChI is InChI=1S/C27H31ClN2.C24H25ClN2/c1-20(2)30-16-15-29(19-27(30)24-7-5-4-6-8-24)18-22-10-12-23(13-11-22)25-17-21(3)9-14-26(25)28;1-18-7-12-23(25)22(15-18)20-10-8-19(9-11-20)16-27-14-13-26-24(17-27)21-5-3-2-4-6-21/h4-14,17,20,27H,15-16,18-19H2,1-3H3;2-12,15,24,26H,13-14,16-17H2,1H3. The molecule has 6 heteroatoms. The van der Waals surface area contributed by atoms with Gasteiger partial charge in [0.2, 0.25) is 0 Å². The molecule has 6 aromatic rings. The number of nitrogens with zero attached hydrogens (tertiary/aromatic N) is 3. The maximum absolute atomic E-state index is 6.43. The third kappa shape index (κ3) is 10.8. The molecular weight excluding hydrogens is 739 g/mol.